The number of aromatic nitrogens is 1. The van der Waals surface area contributed by atoms with Gasteiger partial charge in [-0.3, -0.25) is 0 Å². The molecule has 0 aliphatic carbocycles. The summed E-state index contributed by atoms with van der Waals surface area (Å²) in [5, 5.41) is 9.39. The second-order valence-corrected chi connectivity index (χ2v) is 13.7. The summed E-state index contributed by atoms with van der Waals surface area (Å²) in [6.07, 6.45) is 0. The molecule has 0 unspecified atom stereocenters. The van der Waals surface area contributed by atoms with Gasteiger partial charge in [-0.15, -0.1) is 0 Å². The van der Waals surface area contributed by atoms with Crippen molar-refractivity contribution in [3.05, 3.63) is 194 Å². The van der Waals surface area contributed by atoms with Crippen molar-refractivity contribution in [1.29, 1.82) is 0 Å². The highest BCUT2D eigenvalue weighted by Crippen LogP contribution is 2.46. The van der Waals surface area contributed by atoms with E-state index in [1.165, 1.54) is 49.1 Å². The lowest BCUT2D eigenvalue weighted by Crippen LogP contribution is -2.10. The largest absolute Gasteiger partial charge is 0.455 e. The van der Waals surface area contributed by atoms with Crippen molar-refractivity contribution < 1.29 is 4.42 Å². The fraction of sp³-hybridized carbons (Fsp3) is 0. The van der Waals surface area contributed by atoms with Gasteiger partial charge in [-0.25, -0.2) is 0 Å². The molecule has 9 aromatic carbocycles. The molecule has 0 radical (unpaired) electrons. The first-order valence-corrected chi connectivity index (χ1v) is 18.1. The van der Waals surface area contributed by atoms with E-state index < -0.39 is 0 Å². The van der Waals surface area contributed by atoms with Gasteiger partial charge in [0.1, 0.15) is 11.2 Å². The maximum absolute atomic E-state index is 6.66. The van der Waals surface area contributed by atoms with Gasteiger partial charge in [-0.05, 0) is 88.6 Å². The Bertz CT molecular complexity index is 3160. The van der Waals surface area contributed by atoms with Crippen LogP contribution in [0.5, 0.6) is 0 Å². The van der Waals surface area contributed by atoms with E-state index in [0.717, 1.165) is 50.1 Å². The molecule has 11 aromatic rings. The number of hydrogen-bond acceptors (Lipinski definition) is 2. The van der Waals surface area contributed by atoms with Crippen LogP contribution >= 0.6 is 0 Å². The highest BCUT2D eigenvalue weighted by atomic mass is 16.3. The zero-order valence-corrected chi connectivity index (χ0v) is 28.8. The lowest BCUT2D eigenvalue weighted by molar-refractivity contribution is 0.672. The van der Waals surface area contributed by atoms with Crippen molar-refractivity contribution in [2.75, 3.05) is 4.90 Å². The molecule has 3 heteroatoms. The minimum absolute atomic E-state index is 0.874. The van der Waals surface area contributed by atoms with Gasteiger partial charge in [-0.2, -0.15) is 0 Å². The van der Waals surface area contributed by atoms with Crippen LogP contribution in [0.2, 0.25) is 0 Å². The van der Waals surface area contributed by atoms with Crippen LogP contribution in [-0.2, 0) is 0 Å². The Kier molecular flexibility index (Phi) is 6.55. The Morgan fingerprint density at radius 1 is 0.396 bits per heavy atom. The monoisotopic (exact) mass is 676 g/mol. The van der Waals surface area contributed by atoms with Crippen molar-refractivity contribution in [2.45, 2.75) is 0 Å². The highest BCUT2D eigenvalue weighted by Gasteiger charge is 2.22. The summed E-state index contributed by atoms with van der Waals surface area (Å²) in [4.78, 5) is 2.40. The second-order valence-electron chi connectivity index (χ2n) is 13.7. The van der Waals surface area contributed by atoms with Crippen molar-refractivity contribution >= 4 is 82.4 Å². The predicted molar refractivity (Wildman–Crippen MR) is 223 cm³/mol. The van der Waals surface area contributed by atoms with Crippen LogP contribution in [0, 0.1) is 0 Å². The molecular weight excluding hydrogens is 645 g/mol. The minimum Gasteiger partial charge on any atom is -0.455 e. The smallest absolute Gasteiger partial charge is 0.143 e. The summed E-state index contributed by atoms with van der Waals surface area (Å²) in [6, 6.07) is 69.7. The Morgan fingerprint density at radius 2 is 1.04 bits per heavy atom. The van der Waals surface area contributed by atoms with E-state index in [4.69, 9.17) is 4.42 Å². The van der Waals surface area contributed by atoms with Gasteiger partial charge in [-0.1, -0.05) is 127 Å². The van der Waals surface area contributed by atoms with E-state index in [-0.39, 0.29) is 0 Å². The molecule has 2 aromatic heterocycles. The lowest BCUT2D eigenvalue weighted by Gasteiger charge is -2.27. The number of para-hydroxylation sites is 2. The number of rotatable bonds is 5. The zero-order chi connectivity index (χ0) is 34.9. The maximum atomic E-state index is 6.66. The molecule has 53 heavy (non-hydrogen) atoms. The third kappa shape index (κ3) is 4.61. The van der Waals surface area contributed by atoms with Gasteiger partial charge in [0.05, 0.1) is 27.8 Å². The van der Waals surface area contributed by atoms with Crippen molar-refractivity contribution in [1.82, 2.24) is 4.57 Å². The van der Waals surface area contributed by atoms with Crippen molar-refractivity contribution in [3.63, 3.8) is 0 Å². The van der Waals surface area contributed by atoms with E-state index in [0.29, 0.717) is 0 Å². The molecule has 0 atom stereocenters. The molecule has 0 bridgehead atoms. The molecule has 2 heterocycles. The third-order valence-electron chi connectivity index (χ3n) is 10.8. The molecular formula is C50H32N2O. The summed E-state index contributed by atoms with van der Waals surface area (Å²) >= 11 is 0. The standard InChI is InChI=1S/C50H32N2O/c1-2-15-37(16-3-1)51-45-20-9-8-19-41(45)43-32-36(27-31-46(43)51)33-24-28-38(29-25-33)52(44-21-10-14-34-12-4-6-17-39(34)44)47-22-11-23-48-49(47)42-30-26-35-13-5-7-18-40(35)50(42)53-48/h1-32H. The van der Waals surface area contributed by atoms with Gasteiger partial charge < -0.3 is 13.9 Å². The summed E-state index contributed by atoms with van der Waals surface area (Å²) in [7, 11) is 0. The van der Waals surface area contributed by atoms with Crippen molar-refractivity contribution in [3.8, 4) is 16.8 Å². The molecule has 11 rings (SSSR count). The number of anilines is 3. The summed E-state index contributed by atoms with van der Waals surface area (Å²) in [5.41, 5.74) is 11.0. The molecule has 0 N–H and O–H groups in total. The number of benzene rings is 9. The molecule has 0 aliphatic heterocycles. The normalized spacial score (nSPS) is 11.8. The molecule has 0 saturated carbocycles. The van der Waals surface area contributed by atoms with Gasteiger partial charge >= 0.3 is 0 Å². The Morgan fingerprint density at radius 3 is 1.89 bits per heavy atom. The van der Waals surface area contributed by atoms with E-state index in [9.17, 15) is 0 Å². The van der Waals surface area contributed by atoms with E-state index >= 15 is 0 Å². The number of nitrogens with zero attached hydrogens (tertiary/aromatic N) is 2. The van der Waals surface area contributed by atoms with Crippen LogP contribution in [0.15, 0.2) is 199 Å². The quantitative estimate of drug-likeness (QED) is 0.181. The summed E-state index contributed by atoms with van der Waals surface area (Å²) in [5.74, 6) is 0. The van der Waals surface area contributed by atoms with Crippen LogP contribution in [0.1, 0.15) is 0 Å². The summed E-state index contributed by atoms with van der Waals surface area (Å²) in [6.45, 7) is 0. The van der Waals surface area contributed by atoms with E-state index in [2.05, 4.69) is 204 Å². The zero-order valence-electron chi connectivity index (χ0n) is 28.8. The number of fused-ring (bicyclic) bond motifs is 9. The third-order valence-corrected chi connectivity index (χ3v) is 10.8. The molecule has 0 saturated heterocycles. The van der Waals surface area contributed by atoms with Gasteiger partial charge in [0.2, 0.25) is 0 Å². The lowest BCUT2D eigenvalue weighted by atomic mass is 10.0. The summed E-state index contributed by atoms with van der Waals surface area (Å²) < 4.78 is 9.02. The van der Waals surface area contributed by atoms with Gasteiger partial charge in [0, 0.05) is 38.3 Å². The van der Waals surface area contributed by atoms with Crippen LogP contribution < -0.4 is 4.90 Å². The first-order valence-electron chi connectivity index (χ1n) is 18.1. The molecule has 3 nitrogen and oxygen atoms in total. The second kappa shape index (κ2) is 11.7. The van der Waals surface area contributed by atoms with Crippen LogP contribution in [0.4, 0.5) is 17.1 Å². The Labute approximate surface area is 306 Å². The highest BCUT2D eigenvalue weighted by molar-refractivity contribution is 6.20. The Balaban J connectivity index is 1.09. The van der Waals surface area contributed by atoms with Crippen molar-refractivity contribution in [2.24, 2.45) is 0 Å². The van der Waals surface area contributed by atoms with E-state index in [1.807, 2.05) is 0 Å². The SMILES string of the molecule is c1ccc(-n2c3ccccc3c3cc(-c4ccc(N(c5cccc6ccccc56)c5cccc6oc7c8ccccc8ccc7c56)cc4)ccc32)cc1. The first-order chi connectivity index (χ1) is 26.3. The van der Waals surface area contributed by atoms with Crippen LogP contribution in [0.25, 0.3) is 82.1 Å². The molecule has 0 spiro atoms. The maximum Gasteiger partial charge on any atom is 0.143 e. The number of hydrogen-bond donors (Lipinski definition) is 0. The molecule has 0 fully saturated rings. The van der Waals surface area contributed by atoms with Crippen LogP contribution in [0.3, 0.4) is 0 Å². The fourth-order valence-electron chi connectivity index (χ4n) is 8.34. The van der Waals surface area contributed by atoms with Gasteiger partial charge in [0.25, 0.3) is 0 Å². The average Bonchev–Trinajstić information content (AvgIpc) is 3.78. The molecule has 248 valence electrons. The molecule has 0 amide bonds. The number of furan rings is 1. The molecule has 0 aliphatic rings. The first kappa shape index (κ1) is 29.6. The van der Waals surface area contributed by atoms with Gasteiger partial charge in [0.15, 0.2) is 0 Å². The van der Waals surface area contributed by atoms with Crippen LogP contribution in [-0.4, -0.2) is 4.57 Å². The topological polar surface area (TPSA) is 21.3 Å². The predicted octanol–water partition coefficient (Wildman–Crippen LogP) is 14.1. The fourth-order valence-corrected chi connectivity index (χ4v) is 8.34. The average molecular weight is 677 g/mol. The minimum atomic E-state index is 0.874. The Hall–Kier alpha value is -7.10. The van der Waals surface area contributed by atoms with E-state index in [1.54, 1.807) is 0 Å².